The number of pyridine rings is 1. The molecule has 3 aromatic heterocycles. The molecule has 78 valence electrons. The quantitative estimate of drug-likeness (QED) is 0.709. The molecule has 3 aromatic rings. The van der Waals surface area contributed by atoms with E-state index in [1.54, 1.807) is 18.7 Å². The van der Waals surface area contributed by atoms with Gasteiger partial charge < -0.3 is 4.42 Å². The monoisotopic (exact) mass is 211 g/mol. The summed E-state index contributed by atoms with van der Waals surface area (Å²) in [5, 5.41) is 7.17. The third-order valence-corrected chi connectivity index (χ3v) is 2.34. The predicted molar refractivity (Wildman–Crippen MR) is 59.5 cm³/mol. The molecule has 0 aromatic carbocycles. The van der Waals surface area contributed by atoms with Crippen LogP contribution < -0.4 is 0 Å². The Labute approximate surface area is 92.0 Å². The van der Waals surface area contributed by atoms with E-state index in [4.69, 9.17) is 4.42 Å². The largest absolute Gasteiger partial charge is 0.463 e. The van der Waals surface area contributed by atoms with Crippen molar-refractivity contribution in [2.75, 3.05) is 0 Å². The maximum atomic E-state index is 5.29. The first-order valence-electron chi connectivity index (χ1n) is 4.93. The Morgan fingerprint density at radius 3 is 2.75 bits per heavy atom. The van der Waals surface area contributed by atoms with Crippen LogP contribution in [0.5, 0.6) is 0 Å². The van der Waals surface area contributed by atoms with Crippen molar-refractivity contribution >= 4 is 0 Å². The Morgan fingerprint density at radius 2 is 2.00 bits per heavy atom. The van der Waals surface area contributed by atoms with Gasteiger partial charge in [0.25, 0.3) is 0 Å². The van der Waals surface area contributed by atoms with E-state index in [-0.39, 0.29) is 0 Å². The standard InChI is InChI=1S/C12H9N3O/c1-2-12(16-7-1)11-8-10(14-15-11)9-3-5-13-6-4-9/h1-8H,(H,14,15). The number of aromatic amines is 1. The number of hydrogen-bond acceptors (Lipinski definition) is 3. The lowest BCUT2D eigenvalue weighted by Crippen LogP contribution is -1.77. The van der Waals surface area contributed by atoms with E-state index in [1.165, 1.54) is 0 Å². The van der Waals surface area contributed by atoms with E-state index >= 15 is 0 Å². The molecule has 0 aliphatic carbocycles. The van der Waals surface area contributed by atoms with Crippen molar-refractivity contribution < 1.29 is 4.42 Å². The molecular weight excluding hydrogens is 202 g/mol. The van der Waals surface area contributed by atoms with Gasteiger partial charge in [-0.1, -0.05) is 0 Å². The molecule has 3 heterocycles. The minimum Gasteiger partial charge on any atom is -0.463 e. The summed E-state index contributed by atoms with van der Waals surface area (Å²) < 4.78 is 5.29. The lowest BCUT2D eigenvalue weighted by molar-refractivity contribution is 0.580. The van der Waals surface area contributed by atoms with Crippen LogP contribution >= 0.6 is 0 Å². The Kier molecular flexibility index (Phi) is 2.04. The number of furan rings is 1. The topological polar surface area (TPSA) is 54.7 Å². The van der Waals surface area contributed by atoms with Crippen LogP contribution in [-0.2, 0) is 0 Å². The highest BCUT2D eigenvalue weighted by atomic mass is 16.3. The third kappa shape index (κ3) is 1.50. The fraction of sp³-hybridized carbons (Fsp3) is 0. The summed E-state index contributed by atoms with van der Waals surface area (Å²) in [6.45, 7) is 0. The SMILES string of the molecule is c1coc(-c2cc(-c3ccncc3)n[nH]2)c1. The lowest BCUT2D eigenvalue weighted by atomic mass is 10.2. The highest BCUT2D eigenvalue weighted by molar-refractivity contribution is 5.65. The molecule has 0 bridgehead atoms. The third-order valence-electron chi connectivity index (χ3n) is 2.34. The molecule has 4 heteroatoms. The van der Waals surface area contributed by atoms with Crippen LogP contribution in [0.4, 0.5) is 0 Å². The van der Waals surface area contributed by atoms with Gasteiger partial charge in [-0.25, -0.2) is 0 Å². The molecule has 0 aliphatic rings. The Morgan fingerprint density at radius 1 is 1.12 bits per heavy atom. The van der Waals surface area contributed by atoms with Crippen LogP contribution in [0.25, 0.3) is 22.7 Å². The summed E-state index contributed by atoms with van der Waals surface area (Å²) in [7, 11) is 0. The fourth-order valence-electron chi connectivity index (χ4n) is 1.55. The van der Waals surface area contributed by atoms with Gasteiger partial charge in [-0.3, -0.25) is 10.1 Å². The average Bonchev–Trinajstić information content (AvgIpc) is 3.01. The van der Waals surface area contributed by atoms with Crippen molar-refractivity contribution in [3.05, 3.63) is 49.0 Å². The van der Waals surface area contributed by atoms with E-state index in [2.05, 4.69) is 15.2 Å². The van der Waals surface area contributed by atoms with Crippen LogP contribution in [0.3, 0.4) is 0 Å². The number of nitrogens with one attached hydrogen (secondary N) is 1. The van der Waals surface area contributed by atoms with E-state index in [1.807, 2.05) is 30.3 Å². The summed E-state index contributed by atoms with van der Waals surface area (Å²) in [5.74, 6) is 0.785. The van der Waals surface area contributed by atoms with Gasteiger partial charge in [0.2, 0.25) is 0 Å². The molecule has 0 spiro atoms. The minimum atomic E-state index is 0.785. The second kappa shape index (κ2) is 3.66. The lowest BCUT2D eigenvalue weighted by Gasteiger charge is -1.92. The van der Waals surface area contributed by atoms with Gasteiger partial charge in [-0.05, 0) is 30.3 Å². The van der Waals surface area contributed by atoms with Gasteiger partial charge in [0.1, 0.15) is 5.69 Å². The predicted octanol–water partition coefficient (Wildman–Crippen LogP) is 2.73. The molecule has 0 unspecified atom stereocenters. The zero-order valence-electron chi connectivity index (χ0n) is 8.42. The van der Waals surface area contributed by atoms with Crippen molar-refractivity contribution in [3.8, 4) is 22.7 Å². The Balaban J connectivity index is 2.00. The zero-order chi connectivity index (χ0) is 10.8. The van der Waals surface area contributed by atoms with Crippen molar-refractivity contribution in [1.82, 2.24) is 15.2 Å². The molecule has 0 atom stereocenters. The highest BCUT2D eigenvalue weighted by Crippen LogP contribution is 2.23. The van der Waals surface area contributed by atoms with E-state index in [0.717, 1.165) is 22.7 Å². The van der Waals surface area contributed by atoms with E-state index in [0.29, 0.717) is 0 Å². The summed E-state index contributed by atoms with van der Waals surface area (Å²) in [6.07, 6.45) is 5.13. The van der Waals surface area contributed by atoms with Gasteiger partial charge in [0, 0.05) is 18.0 Å². The summed E-state index contributed by atoms with van der Waals surface area (Å²) >= 11 is 0. The Bertz CT molecular complexity index is 569. The second-order valence-corrected chi connectivity index (χ2v) is 3.38. The fourth-order valence-corrected chi connectivity index (χ4v) is 1.55. The van der Waals surface area contributed by atoms with Crippen LogP contribution in [0, 0.1) is 0 Å². The van der Waals surface area contributed by atoms with Crippen molar-refractivity contribution in [2.45, 2.75) is 0 Å². The van der Waals surface area contributed by atoms with Crippen LogP contribution in [0.1, 0.15) is 0 Å². The van der Waals surface area contributed by atoms with Crippen LogP contribution in [0.15, 0.2) is 53.4 Å². The Hall–Kier alpha value is -2.36. The number of rotatable bonds is 2. The highest BCUT2D eigenvalue weighted by Gasteiger charge is 2.06. The van der Waals surface area contributed by atoms with Crippen LogP contribution in [0.2, 0.25) is 0 Å². The molecule has 3 rings (SSSR count). The molecule has 16 heavy (non-hydrogen) atoms. The molecule has 0 fully saturated rings. The van der Waals surface area contributed by atoms with Crippen molar-refractivity contribution in [1.29, 1.82) is 0 Å². The van der Waals surface area contributed by atoms with Gasteiger partial charge in [0.15, 0.2) is 5.76 Å². The average molecular weight is 211 g/mol. The van der Waals surface area contributed by atoms with E-state index in [9.17, 15) is 0 Å². The number of aromatic nitrogens is 3. The first kappa shape index (κ1) is 8.91. The molecule has 0 saturated heterocycles. The zero-order valence-corrected chi connectivity index (χ0v) is 8.42. The van der Waals surface area contributed by atoms with Gasteiger partial charge in [0.05, 0.1) is 12.0 Å². The summed E-state index contributed by atoms with van der Waals surface area (Å²) in [5.41, 5.74) is 2.79. The number of nitrogens with zero attached hydrogens (tertiary/aromatic N) is 2. The molecule has 4 nitrogen and oxygen atoms in total. The molecule has 0 aliphatic heterocycles. The first-order chi connectivity index (χ1) is 7.93. The van der Waals surface area contributed by atoms with Gasteiger partial charge in [-0.15, -0.1) is 0 Å². The summed E-state index contributed by atoms with van der Waals surface area (Å²) in [6, 6.07) is 9.53. The van der Waals surface area contributed by atoms with Gasteiger partial charge >= 0.3 is 0 Å². The van der Waals surface area contributed by atoms with Crippen LogP contribution in [-0.4, -0.2) is 15.2 Å². The normalized spacial score (nSPS) is 10.5. The number of H-pyrrole nitrogens is 1. The first-order valence-corrected chi connectivity index (χ1v) is 4.93. The van der Waals surface area contributed by atoms with Crippen molar-refractivity contribution in [2.24, 2.45) is 0 Å². The second-order valence-electron chi connectivity index (χ2n) is 3.38. The minimum absolute atomic E-state index is 0.785. The van der Waals surface area contributed by atoms with E-state index < -0.39 is 0 Å². The van der Waals surface area contributed by atoms with Gasteiger partial charge in [-0.2, -0.15) is 5.10 Å². The molecule has 0 amide bonds. The molecule has 0 radical (unpaired) electrons. The maximum Gasteiger partial charge on any atom is 0.151 e. The number of hydrogen-bond donors (Lipinski definition) is 1. The smallest absolute Gasteiger partial charge is 0.151 e. The molecule has 0 saturated carbocycles. The molecular formula is C12H9N3O. The summed E-state index contributed by atoms with van der Waals surface area (Å²) in [4.78, 5) is 3.97. The van der Waals surface area contributed by atoms with Crippen molar-refractivity contribution in [3.63, 3.8) is 0 Å². The maximum absolute atomic E-state index is 5.29. The molecule has 1 N–H and O–H groups in total.